The highest BCUT2D eigenvalue weighted by Crippen LogP contribution is 2.22. The minimum atomic E-state index is -0.321. The summed E-state index contributed by atoms with van der Waals surface area (Å²) in [4.78, 5) is 7.88. The van der Waals surface area contributed by atoms with Crippen LogP contribution in [-0.4, -0.2) is 15.5 Å². The molecule has 0 aliphatic carbocycles. The first-order chi connectivity index (χ1) is 7.56. The number of aryl methyl sites for hydroxylation is 1. The summed E-state index contributed by atoms with van der Waals surface area (Å²) in [5.74, 6) is -0.00354. The van der Waals surface area contributed by atoms with Crippen molar-refractivity contribution >= 4 is 5.82 Å². The summed E-state index contributed by atoms with van der Waals surface area (Å²) in [5.41, 5.74) is 0.354. The van der Waals surface area contributed by atoms with Gasteiger partial charge < -0.3 is 5.32 Å². The van der Waals surface area contributed by atoms with E-state index in [1.54, 1.807) is 0 Å². The van der Waals surface area contributed by atoms with Gasteiger partial charge in [0, 0.05) is 5.54 Å². The van der Waals surface area contributed by atoms with Crippen molar-refractivity contribution in [2.24, 2.45) is 0 Å². The lowest BCUT2D eigenvalue weighted by Crippen LogP contribution is -2.34. The molecule has 1 rings (SSSR count). The highest BCUT2D eigenvalue weighted by atomic mass is 19.1. The van der Waals surface area contributed by atoms with Gasteiger partial charge in [0.15, 0.2) is 11.6 Å². The minimum absolute atomic E-state index is 0.111. The fourth-order valence-electron chi connectivity index (χ4n) is 1.45. The van der Waals surface area contributed by atoms with Crippen LogP contribution in [0.3, 0.4) is 0 Å². The van der Waals surface area contributed by atoms with E-state index in [2.05, 4.69) is 36.1 Å². The maximum Gasteiger partial charge on any atom is 0.186 e. The summed E-state index contributed by atoms with van der Waals surface area (Å²) in [6.45, 7) is 8.11. The van der Waals surface area contributed by atoms with Gasteiger partial charge in [-0.05, 0) is 26.2 Å². The fourth-order valence-corrected chi connectivity index (χ4v) is 1.45. The van der Waals surface area contributed by atoms with Gasteiger partial charge in [0.25, 0.3) is 0 Å². The highest BCUT2D eigenvalue weighted by Gasteiger charge is 2.22. The van der Waals surface area contributed by atoms with Gasteiger partial charge in [0.1, 0.15) is 6.33 Å². The fraction of sp³-hybridized carbons (Fsp3) is 0.667. The Morgan fingerprint density at radius 1 is 1.25 bits per heavy atom. The summed E-state index contributed by atoms with van der Waals surface area (Å²) in [7, 11) is 0. The molecule has 0 saturated heterocycles. The molecule has 3 nitrogen and oxygen atoms in total. The summed E-state index contributed by atoms with van der Waals surface area (Å²) in [6.07, 6.45) is 3.84. The zero-order valence-electron chi connectivity index (χ0n) is 10.5. The lowest BCUT2D eigenvalue weighted by molar-refractivity contribution is 0.469. The van der Waals surface area contributed by atoms with Gasteiger partial charge in [0.2, 0.25) is 0 Å². The third-order valence-corrected chi connectivity index (χ3v) is 3.18. The molecule has 0 aliphatic heterocycles. The Labute approximate surface area is 96.5 Å². The Morgan fingerprint density at radius 2 is 1.88 bits per heavy atom. The quantitative estimate of drug-likeness (QED) is 0.836. The van der Waals surface area contributed by atoms with E-state index in [-0.39, 0.29) is 11.4 Å². The number of halogens is 1. The van der Waals surface area contributed by atoms with Crippen molar-refractivity contribution in [2.45, 2.75) is 52.5 Å². The normalized spacial score (nSPS) is 11.6. The first-order valence-electron chi connectivity index (χ1n) is 5.83. The van der Waals surface area contributed by atoms with Crippen LogP contribution < -0.4 is 5.32 Å². The number of rotatable bonds is 5. The van der Waals surface area contributed by atoms with E-state index in [4.69, 9.17) is 0 Å². The monoisotopic (exact) mass is 225 g/mol. The molecule has 4 heteroatoms. The van der Waals surface area contributed by atoms with Crippen molar-refractivity contribution in [1.29, 1.82) is 0 Å². The molecule has 1 aromatic rings. The van der Waals surface area contributed by atoms with Gasteiger partial charge in [-0.1, -0.05) is 20.8 Å². The molecule has 0 radical (unpaired) electrons. The highest BCUT2D eigenvalue weighted by molar-refractivity contribution is 5.40. The van der Waals surface area contributed by atoms with E-state index in [1.165, 1.54) is 6.33 Å². The zero-order valence-corrected chi connectivity index (χ0v) is 10.5. The predicted octanol–water partition coefficient (Wildman–Crippen LogP) is 3.17. The number of aromatic nitrogens is 2. The molecule has 1 aromatic heterocycles. The van der Waals surface area contributed by atoms with Crippen LogP contribution >= 0.6 is 0 Å². The van der Waals surface area contributed by atoms with E-state index >= 15 is 0 Å². The van der Waals surface area contributed by atoms with E-state index in [0.717, 1.165) is 12.8 Å². The number of nitrogens with zero attached hydrogens (tertiary/aromatic N) is 2. The molecule has 0 bridgehead atoms. The summed E-state index contributed by atoms with van der Waals surface area (Å²) in [6, 6.07) is 0. The second-order valence-corrected chi connectivity index (χ2v) is 4.23. The van der Waals surface area contributed by atoms with Crippen LogP contribution in [0.1, 0.15) is 46.2 Å². The van der Waals surface area contributed by atoms with Crippen molar-refractivity contribution in [3.63, 3.8) is 0 Å². The van der Waals surface area contributed by atoms with Crippen LogP contribution in [0.2, 0.25) is 0 Å². The van der Waals surface area contributed by atoms with Crippen LogP contribution in [0.25, 0.3) is 0 Å². The van der Waals surface area contributed by atoms with Crippen molar-refractivity contribution in [1.82, 2.24) is 9.97 Å². The van der Waals surface area contributed by atoms with E-state index in [1.807, 2.05) is 6.92 Å². The number of nitrogens with one attached hydrogen (secondary N) is 1. The lowest BCUT2D eigenvalue weighted by atomic mass is 9.95. The molecule has 0 aliphatic rings. The number of hydrogen-bond acceptors (Lipinski definition) is 3. The molecule has 16 heavy (non-hydrogen) atoms. The van der Waals surface area contributed by atoms with Gasteiger partial charge in [-0.2, -0.15) is 0 Å². The van der Waals surface area contributed by atoms with Gasteiger partial charge in [0.05, 0.1) is 5.69 Å². The Bertz CT molecular complexity index is 348. The molecule has 1 heterocycles. The molecule has 0 amide bonds. The third kappa shape index (κ3) is 2.68. The van der Waals surface area contributed by atoms with Gasteiger partial charge >= 0.3 is 0 Å². The van der Waals surface area contributed by atoms with Crippen LogP contribution in [0.4, 0.5) is 10.2 Å². The minimum Gasteiger partial charge on any atom is -0.362 e. The van der Waals surface area contributed by atoms with Gasteiger partial charge in [-0.25, -0.2) is 14.4 Å². The molecular weight excluding hydrogens is 205 g/mol. The molecular formula is C12H20FN3. The molecule has 0 unspecified atom stereocenters. The average Bonchev–Trinajstić information content (AvgIpc) is 2.32. The topological polar surface area (TPSA) is 37.8 Å². The standard InChI is InChI=1S/C12H20FN3/c1-5-9-10(13)11(15-8-14-9)16-12(4,6-2)7-3/h8H,5-7H2,1-4H3,(H,14,15,16). The zero-order chi connectivity index (χ0) is 12.2. The molecule has 0 saturated carbocycles. The second-order valence-electron chi connectivity index (χ2n) is 4.23. The summed E-state index contributed by atoms with van der Waals surface area (Å²) >= 11 is 0. The number of hydrogen-bond donors (Lipinski definition) is 1. The van der Waals surface area contributed by atoms with Crippen molar-refractivity contribution in [3.8, 4) is 0 Å². The van der Waals surface area contributed by atoms with E-state index < -0.39 is 0 Å². The van der Waals surface area contributed by atoms with Crippen LogP contribution in [-0.2, 0) is 6.42 Å². The maximum absolute atomic E-state index is 13.9. The molecule has 0 atom stereocenters. The molecule has 0 aromatic carbocycles. The third-order valence-electron chi connectivity index (χ3n) is 3.18. The Hall–Kier alpha value is -1.19. The maximum atomic E-state index is 13.9. The van der Waals surface area contributed by atoms with Gasteiger partial charge in [-0.3, -0.25) is 0 Å². The van der Waals surface area contributed by atoms with Crippen molar-refractivity contribution < 1.29 is 4.39 Å². The van der Waals surface area contributed by atoms with Crippen LogP contribution in [0.15, 0.2) is 6.33 Å². The summed E-state index contributed by atoms with van der Waals surface area (Å²) < 4.78 is 13.9. The largest absolute Gasteiger partial charge is 0.362 e. The lowest BCUT2D eigenvalue weighted by Gasteiger charge is -2.29. The van der Waals surface area contributed by atoms with Crippen molar-refractivity contribution in [3.05, 3.63) is 17.8 Å². The van der Waals surface area contributed by atoms with Crippen molar-refractivity contribution in [2.75, 3.05) is 5.32 Å². The van der Waals surface area contributed by atoms with E-state index in [0.29, 0.717) is 17.9 Å². The molecule has 0 fully saturated rings. The Balaban J connectivity index is 2.97. The van der Waals surface area contributed by atoms with Gasteiger partial charge in [-0.15, -0.1) is 0 Å². The first kappa shape index (κ1) is 12.9. The Morgan fingerprint density at radius 3 is 2.38 bits per heavy atom. The summed E-state index contributed by atoms with van der Waals surface area (Å²) in [5, 5.41) is 3.17. The predicted molar refractivity (Wildman–Crippen MR) is 64.0 cm³/mol. The molecule has 1 N–H and O–H groups in total. The smallest absolute Gasteiger partial charge is 0.186 e. The average molecular weight is 225 g/mol. The van der Waals surface area contributed by atoms with Crippen LogP contribution in [0.5, 0.6) is 0 Å². The molecule has 90 valence electrons. The first-order valence-corrected chi connectivity index (χ1v) is 5.83. The Kier molecular flexibility index (Phi) is 4.21. The molecule has 0 spiro atoms. The SMILES string of the molecule is CCc1ncnc(NC(C)(CC)CC)c1F. The van der Waals surface area contributed by atoms with E-state index in [9.17, 15) is 4.39 Å². The second kappa shape index (κ2) is 5.23. The number of anilines is 1. The van der Waals surface area contributed by atoms with Crippen LogP contribution in [0, 0.1) is 5.82 Å².